The number of hydrogen-bond acceptors (Lipinski definition) is 5. The fraction of sp³-hybridized carbons (Fsp3) is 0.838. The second-order valence-electron chi connectivity index (χ2n) is 11.9. The first kappa shape index (κ1) is 40.4. The fourth-order valence-corrected chi connectivity index (χ4v) is 4.94. The molecule has 1 atom stereocenters. The number of aliphatic hydroxyl groups excluding tert-OH is 1. The van der Waals surface area contributed by atoms with E-state index in [1.165, 1.54) is 109 Å². The number of carbonyl (C=O) groups excluding carboxylic acids is 2. The highest BCUT2D eigenvalue weighted by molar-refractivity contribution is 5.70. The Bertz CT molecular complexity index is 642. The van der Waals surface area contributed by atoms with Crippen LogP contribution in [0.15, 0.2) is 24.3 Å². The molecule has 0 rings (SSSR count). The van der Waals surface area contributed by atoms with Crippen LogP contribution < -0.4 is 0 Å². The van der Waals surface area contributed by atoms with Crippen LogP contribution in [0.4, 0.5) is 0 Å². The summed E-state index contributed by atoms with van der Waals surface area (Å²) in [5, 5.41) is 9.50. The topological polar surface area (TPSA) is 72.8 Å². The van der Waals surface area contributed by atoms with Gasteiger partial charge in [-0.1, -0.05) is 134 Å². The van der Waals surface area contributed by atoms with Crippen LogP contribution in [0.25, 0.3) is 0 Å². The van der Waals surface area contributed by atoms with Gasteiger partial charge in [0.2, 0.25) is 0 Å². The van der Waals surface area contributed by atoms with Gasteiger partial charge in [-0.2, -0.15) is 0 Å². The molecule has 0 aliphatic heterocycles. The Morgan fingerprint density at radius 2 is 0.905 bits per heavy atom. The summed E-state index contributed by atoms with van der Waals surface area (Å²) < 4.78 is 10.5. The first-order chi connectivity index (χ1) is 20.6. The minimum atomic E-state index is -0.772. The van der Waals surface area contributed by atoms with E-state index < -0.39 is 6.10 Å². The lowest BCUT2D eigenvalue weighted by molar-refractivity contribution is -0.161. The maximum Gasteiger partial charge on any atom is 0.306 e. The van der Waals surface area contributed by atoms with Crippen molar-refractivity contribution in [2.24, 2.45) is 0 Å². The quantitative estimate of drug-likeness (QED) is 0.0478. The highest BCUT2D eigenvalue weighted by atomic mass is 16.6. The molecule has 5 heteroatoms. The summed E-state index contributed by atoms with van der Waals surface area (Å²) >= 11 is 0. The third kappa shape index (κ3) is 31.3. The zero-order valence-corrected chi connectivity index (χ0v) is 27.8. The minimum Gasteiger partial charge on any atom is -0.462 e. The van der Waals surface area contributed by atoms with Gasteiger partial charge in [0, 0.05) is 12.8 Å². The predicted octanol–water partition coefficient (Wildman–Crippen LogP) is 10.7. The minimum absolute atomic E-state index is 0.0692. The lowest BCUT2D eigenvalue weighted by Crippen LogP contribution is -2.28. The van der Waals surface area contributed by atoms with Gasteiger partial charge < -0.3 is 14.6 Å². The van der Waals surface area contributed by atoms with E-state index in [1.807, 2.05) is 0 Å². The summed E-state index contributed by atoms with van der Waals surface area (Å²) in [6.07, 6.45) is 38.0. The van der Waals surface area contributed by atoms with Crippen molar-refractivity contribution in [1.82, 2.24) is 0 Å². The second kappa shape index (κ2) is 33.9. The Kier molecular flexibility index (Phi) is 32.6. The molecule has 5 nitrogen and oxygen atoms in total. The molecule has 0 aliphatic carbocycles. The molecule has 0 saturated carbocycles. The standard InChI is InChI=1S/C37H68O5/c1-3-5-7-9-11-13-15-16-17-18-19-20-22-23-25-27-29-31-36(39)41-34-35(33-38)42-37(40)32-30-28-26-24-21-14-12-10-8-6-4-2/h10,12,16-17,35,38H,3-9,11,13-15,18-34H2,1-2H3/b12-10-,17-16-/t35-/m0/s1. The van der Waals surface area contributed by atoms with Crippen LogP contribution in [-0.2, 0) is 19.1 Å². The number of carbonyl (C=O) groups is 2. The SMILES string of the molecule is CCCC/C=C\CCCCCCCC(=O)O[C@@H](CO)COC(=O)CCCCCCCCC/C=C\CCCCCCCC. The summed E-state index contributed by atoms with van der Waals surface area (Å²) in [6, 6.07) is 0. The highest BCUT2D eigenvalue weighted by Crippen LogP contribution is 2.13. The number of esters is 2. The molecule has 0 aromatic rings. The van der Waals surface area contributed by atoms with E-state index in [2.05, 4.69) is 38.2 Å². The van der Waals surface area contributed by atoms with Gasteiger partial charge in [0.15, 0.2) is 6.10 Å². The molecule has 0 amide bonds. The van der Waals surface area contributed by atoms with Crippen LogP contribution in [0, 0.1) is 0 Å². The van der Waals surface area contributed by atoms with Crippen molar-refractivity contribution in [1.29, 1.82) is 0 Å². The largest absolute Gasteiger partial charge is 0.462 e. The zero-order valence-electron chi connectivity index (χ0n) is 27.8. The van der Waals surface area contributed by atoms with Gasteiger partial charge in [-0.05, 0) is 57.8 Å². The third-order valence-electron chi connectivity index (χ3n) is 7.72. The normalized spacial score (nSPS) is 12.4. The van der Waals surface area contributed by atoms with E-state index in [4.69, 9.17) is 9.47 Å². The molecule has 0 aromatic heterocycles. The van der Waals surface area contributed by atoms with E-state index in [0.29, 0.717) is 12.8 Å². The molecule has 42 heavy (non-hydrogen) atoms. The van der Waals surface area contributed by atoms with E-state index in [9.17, 15) is 14.7 Å². The molecule has 246 valence electrons. The summed E-state index contributed by atoms with van der Waals surface area (Å²) in [7, 11) is 0. The molecule has 0 spiro atoms. The second-order valence-corrected chi connectivity index (χ2v) is 11.9. The smallest absolute Gasteiger partial charge is 0.306 e. The van der Waals surface area contributed by atoms with Gasteiger partial charge in [0.25, 0.3) is 0 Å². The molecular weight excluding hydrogens is 524 g/mol. The summed E-state index contributed by atoms with van der Waals surface area (Å²) in [5.41, 5.74) is 0. The maximum atomic E-state index is 12.1. The molecule has 0 bridgehead atoms. The number of ether oxygens (including phenoxy) is 2. The van der Waals surface area contributed by atoms with Crippen LogP contribution >= 0.6 is 0 Å². The zero-order chi connectivity index (χ0) is 30.8. The molecule has 0 saturated heterocycles. The average Bonchev–Trinajstić information content (AvgIpc) is 2.99. The van der Waals surface area contributed by atoms with E-state index >= 15 is 0 Å². The molecular formula is C37H68O5. The molecule has 0 fully saturated rings. The first-order valence-corrected chi connectivity index (χ1v) is 17.9. The molecule has 0 aromatic carbocycles. The summed E-state index contributed by atoms with van der Waals surface area (Å²) in [5.74, 6) is -0.606. The number of unbranched alkanes of at least 4 members (excludes halogenated alkanes) is 20. The first-order valence-electron chi connectivity index (χ1n) is 17.9. The number of rotatable bonds is 32. The van der Waals surface area contributed by atoms with Crippen molar-refractivity contribution >= 4 is 11.9 Å². The van der Waals surface area contributed by atoms with E-state index in [-0.39, 0.29) is 25.2 Å². The van der Waals surface area contributed by atoms with E-state index in [0.717, 1.165) is 44.9 Å². The monoisotopic (exact) mass is 593 g/mol. The van der Waals surface area contributed by atoms with Gasteiger partial charge in [0.05, 0.1) is 6.61 Å². The predicted molar refractivity (Wildman–Crippen MR) is 178 cm³/mol. The van der Waals surface area contributed by atoms with Crippen LogP contribution in [0.5, 0.6) is 0 Å². The Balaban J connectivity index is 3.56. The lowest BCUT2D eigenvalue weighted by atomic mass is 10.1. The van der Waals surface area contributed by atoms with E-state index in [1.54, 1.807) is 0 Å². The third-order valence-corrected chi connectivity index (χ3v) is 7.72. The van der Waals surface area contributed by atoms with Gasteiger partial charge in [-0.15, -0.1) is 0 Å². The average molecular weight is 593 g/mol. The highest BCUT2D eigenvalue weighted by Gasteiger charge is 2.16. The van der Waals surface area contributed by atoms with Crippen molar-refractivity contribution < 1.29 is 24.2 Å². The summed E-state index contributed by atoms with van der Waals surface area (Å²) in [4.78, 5) is 24.1. The Hall–Kier alpha value is -1.62. The van der Waals surface area contributed by atoms with Crippen molar-refractivity contribution in [2.75, 3.05) is 13.2 Å². The van der Waals surface area contributed by atoms with Crippen molar-refractivity contribution in [3.8, 4) is 0 Å². The van der Waals surface area contributed by atoms with Crippen LogP contribution in [0.3, 0.4) is 0 Å². The van der Waals surface area contributed by atoms with Crippen molar-refractivity contribution in [2.45, 2.75) is 187 Å². The molecule has 1 N–H and O–H groups in total. The number of hydrogen-bond donors (Lipinski definition) is 1. The van der Waals surface area contributed by atoms with Crippen LogP contribution in [0.2, 0.25) is 0 Å². The fourth-order valence-electron chi connectivity index (χ4n) is 4.94. The Morgan fingerprint density at radius 1 is 0.524 bits per heavy atom. The van der Waals surface area contributed by atoms with Gasteiger partial charge >= 0.3 is 11.9 Å². The number of allylic oxidation sites excluding steroid dienone is 4. The number of aliphatic hydroxyl groups is 1. The maximum absolute atomic E-state index is 12.1. The Labute approximate surface area is 260 Å². The molecule has 0 heterocycles. The van der Waals surface area contributed by atoms with Gasteiger partial charge in [-0.25, -0.2) is 0 Å². The summed E-state index contributed by atoms with van der Waals surface area (Å²) in [6.45, 7) is 4.07. The van der Waals surface area contributed by atoms with Crippen molar-refractivity contribution in [3.63, 3.8) is 0 Å². The van der Waals surface area contributed by atoms with Crippen LogP contribution in [-0.4, -0.2) is 36.4 Å². The molecule has 0 unspecified atom stereocenters. The van der Waals surface area contributed by atoms with Crippen LogP contribution in [0.1, 0.15) is 181 Å². The van der Waals surface area contributed by atoms with Crippen molar-refractivity contribution in [3.05, 3.63) is 24.3 Å². The molecule has 0 aliphatic rings. The molecule has 0 radical (unpaired) electrons. The van der Waals surface area contributed by atoms with Gasteiger partial charge in [0.1, 0.15) is 6.61 Å². The lowest BCUT2D eigenvalue weighted by Gasteiger charge is -2.15. The Morgan fingerprint density at radius 3 is 1.36 bits per heavy atom. The van der Waals surface area contributed by atoms with Gasteiger partial charge in [-0.3, -0.25) is 9.59 Å².